The predicted octanol–water partition coefficient (Wildman–Crippen LogP) is 4.44. The Kier molecular flexibility index (Phi) is 4.57. The summed E-state index contributed by atoms with van der Waals surface area (Å²) in [6.45, 7) is 6.15. The van der Waals surface area contributed by atoms with Crippen molar-refractivity contribution in [2.45, 2.75) is 33.1 Å². The van der Waals surface area contributed by atoms with Crippen molar-refractivity contribution in [2.75, 3.05) is 5.32 Å². The van der Waals surface area contributed by atoms with Crippen LogP contribution in [0, 0.1) is 13.8 Å². The number of anilines is 1. The minimum atomic E-state index is 0.0614. The van der Waals surface area contributed by atoms with E-state index in [-0.39, 0.29) is 11.8 Å². The van der Waals surface area contributed by atoms with Gasteiger partial charge in [0.05, 0.1) is 0 Å². The van der Waals surface area contributed by atoms with E-state index in [2.05, 4.69) is 30.4 Å². The highest BCUT2D eigenvalue weighted by atomic mass is 16.1. The molecule has 2 aromatic carbocycles. The van der Waals surface area contributed by atoms with Crippen molar-refractivity contribution in [1.29, 1.82) is 0 Å². The number of benzene rings is 2. The summed E-state index contributed by atoms with van der Waals surface area (Å²) in [6, 6.07) is 16.2. The van der Waals surface area contributed by atoms with Gasteiger partial charge in [-0.15, -0.1) is 0 Å². The van der Waals surface area contributed by atoms with Gasteiger partial charge in [0.1, 0.15) is 0 Å². The Morgan fingerprint density at radius 3 is 2.25 bits per heavy atom. The molecule has 20 heavy (non-hydrogen) atoms. The second-order valence-corrected chi connectivity index (χ2v) is 5.44. The minimum Gasteiger partial charge on any atom is -0.326 e. The van der Waals surface area contributed by atoms with E-state index in [1.54, 1.807) is 0 Å². The van der Waals surface area contributed by atoms with Crippen LogP contribution in [0.5, 0.6) is 0 Å². The zero-order valence-electron chi connectivity index (χ0n) is 12.3. The molecule has 2 heteroatoms. The van der Waals surface area contributed by atoms with Gasteiger partial charge >= 0.3 is 0 Å². The van der Waals surface area contributed by atoms with E-state index in [1.165, 1.54) is 5.56 Å². The maximum absolute atomic E-state index is 12.1. The summed E-state index contributed by atoms with van der Waals surface area (Å²) in [6.07, 6.45) is 0.497. The first-order valence-corrected chi connectivity index (χ1v) is 6.97. The maximum Gasteiger partial charge on any atom is 0.224 e. The lowest BCUT2D eigenvalue weighted by atomic mass is 9.97. The molecule has 0 heterocycles. The van der Waals surface area contributed by atoms with Crippen LogP contribution in [0.2, 0.25) is 0 Å². The third-order valence-electron chi connectivity index (χ3n) is 3.37. The Labute approximate surface area is 120 Å². The summed E-state index contributed by atoms with van der Waals surface area (Å²) in [4.78, 5) is 12.1. The first-order chi connectivity index (χ1) is 9.54. The Bertz CT molecular complexity index is 569. The summed E-state index contributed by atoms with van der Waals surface area (Å²) in [5.41, 5.74) is 4.41. The maximum atomic E-state index is 12.1. The van der Waals surface area contributed by atoms with Gasteiger partial charge < -0.3 is 5.32 Å². The first kappa shape index (κ1) is 14.3. The summed E-state index contributed by atoms with van der Waals surface area (Å²) in [7, 11) is 0. The number of amides is 1. The second-order valence-electron chi connectivity index (χ2n) is 5.44. The molecule has 0 aliphatic heterocycles. The van der Waals surface area contributed by atoms with Crippen molar-refractivity contribution in [3.63, 3.8) is 0 Å². The van der Waals surface area contributed by atoms with Gasteiger partial charge in [0.25, 0.3) is 0 Å². The van der Waals surface area contributed by atoms with E-state index in [4.69, 9.17) is 0 Å². The summed E-state index contributed by atoms with van der Waals surface area (Å²) in [5, 5.41) is 2.99. The van der Waals surface area contributed by atoms with E-state index in [9.17, 15) is 4.79 Å². The lowest BCUT2D eigenvalue weighted by molar-refractivity contribution is -0.116. The quantitative estimate of drug-likeness (QED) is 0.872. The van der Waals surface area contributed by atoms with Crippen LogP contribution in [0.15, 0.2) is 48.5 Å². The van der Waals surface area contributed by atoms with Gasteiger partial charge in [-0.1, -0.05) is 43.3 Å². The molecule has 2 aromatic rings. The van der Waals surface area contributed by atoms with Crippen LogP contribution in [-0.2, 0) is 4.79 Å². The molecule has 1 N–H and O–H groups in total. The molecule has 2 nitrogen and oxygen atoms in total. The van der Waals surface area contributed by atoms with Gasteiger partial charge in [-0.3, -0.25) is 4.79 Å². The van der Waals surface area contributed by atoms with Crippen LogP contribution in [0.25, 0.3) is 0 Å². The zero-order chi connectivity index (χ0) is 14.5. The van der Waals surface area contributed by atoms with Crippen molar-refractivity contribution < 1.29 is 4.79 Å². The predicted molar refractivity (Wildman–Crippen MR) is 84.0 cm³/mol. The Morgan fingerprint density at radius 2 is 1.65 bits per heavy atom. The van der Waals surface area contributed by atoms with Gasteiger partial charge in [0.2, 0.25) is 5.91 Å². The summed E-state index contributed by atoms with van der Waals surface area (Å²) in [5.74, 6) is 0.286. The van der Waals surface area contributed by atoms with Crippen molar-refractivity contribution in [3.05, 3.63) is 65.2 Å². The molecule has 0 saturated heterocycles. The Morgan fingerprint density at radius 1 is 1.05 bits per heavy atom. The fraction of sp³-hybridized carbons (Fsp3) is 0.278. The molecular formula is C18H21NO. The number of nitrogens with one attached hydrogen (secondary N) is 1. The molecule has 0 radical (unpaired) electrons. The zero-order valence-corrected chi connectivity index (χ0v) is 12.3. The van der Waals surface area contributed by atoms with E-state index in [0.29, 0.717) is 6.42 Å². The van der Waals surface area contributed by atoms with Gasteiger partial charge in [0, 0.05) is 12.1 Å². The molecule has 104 valence electrons. The highest BCUT2D eigenvalue weighted by Crippen LogP contribution is 2.20. The standard InChI is InChI=1S/C18H21NO/c1-13-9-14(2)11-17(10-13)19-18(20)12-15(3)16-7-5-4-6-8-16/h4-11,15H,12H2,1-3H3,(H,19,20). The molecule has 1 amide bonds. The molecule has 1 atom stereocenters. The van der Waals surface area contributed by atoms with Crippen LogP contribution in [0.4, 0.5) is 5.69 Å². The van der Waals surface area contributed by atoms with Crippen LogP contribution < -0.4 is 5.32 Å². The molecule has 0 bridgehead atoms. The van der Waals surface area contributed by atoms with Crippen LogP contribution >= 0.6 is 0 Å². The molecule has 0 aliphatic rings. The normalized spacial score (nSPS) is 11.9. The number of carbonyl (C=O) groups excluding carboxylic acids is 1. The van der Waals surface area contributed by atoms with Crippen LogP contribution in [0.1, 0.15) is 36.0 Å². The van der Waals surface area contributed by atoms with E-state index < -0.39 is 0 Å². The molecule has 0 spiro atoms. The summed E-state index contributed by atoms with van der Waals surface area (Å²) >= 11 is 0. The molecular weight excluding hydrogens is 246 g/mol. The molecule has 1 unspecified atom stereocenters. The largest absolute Gasteiger partial charge is 0.326 e. The first-order valence-electron chi connectivity index (χ1n) is 6.97. The van der Waals surface area contributed by atoms with E-state index in [0.717, 1.165) is 16.8 Å². The van der Waals surface area contributed by atoms with E-state index in [1.807, 2.05) is 44.2 Å². The number of rotatable bonds is 4. The van der Waals surface area contributed by atoms with Crippen LogP contribution in [-0.4, -0.2) is 5.91 Å². The molecule has 0 saturated carbocycles. The Balaban J connectivity index is 1.99. The number of carbonyl (C=O) groups is 1. The average Bonchev–Trinajstić information content (AvgIpc) is 2.38. The van der Waals surface area contributed by atoms with Crippen LogP contribution in [0.3, 0.4) is 0 Å². The molecule has 0 aromatic heterocycles. The fourth-order valence-electron chi connectivity index (χ4n) is 2.44. The number of hydrogen-bond acceptors (Lipinski definition) is 1. The smallest absolute Gasteiger partial charge is 0.224 e. The average molecular weight is 267 g/mol. The van der Waals surface area contributed by atoms with E-state index >= 15 is 0 Å². The highest BCUT2D eigenvalue weighted by molar-refractivity contribution is 5.91. The number of aryl methyl sites for hydroxylation is 2. The topological polar surface area (TPSA) is 29.1 Å². The summed E-state index contributed by atoms with van der Waals surface area (Å²) < 4.78 is 0. The highest BCUT2D eigenvalue weighted by Gasteiger charge is 2.11. The second kappa shape index (κ2) is 6.38. The molecule has 0 aliphatic carbocycles. The van der Waals surface area contributed by atoms with Crippen molar-refractivity contribution in [3.8, 4) is 0 Å². The van der Waals surface area contributed by atoms with Gasteiger partial charge in [-0.2, -0.15) is 0 Å². The molecule has 2 rings (SSSR count). The third kappa shape index (κ3) is 3.95. The van der Waals surface area contributed by atoms with Crippen molar-refractivity contribution in [2.24, 2.45) is 0 Å². The van der Waals surface area contributed by atoms with Crippen molar-refractivity contribution in [1.82, 2.24) is 0 Å². The number of hydrogen-bond donors (Lipinski definition) is 1. The monoisotopic (exact) mass is 267 g/mol. The lowest BCUT2D eigenvalue weighted by Gasteiger charge is -2.12. The Hall–Kier alpha value is -2.09. The van der Waals surface area contributed by atoms with Gasteiger partial charge in [-0.25, -0.2) is 0 Å². The van der Waals surface area contributed by atoms with Crippen molar-refractivity contribution >= 4 is 11.6 Å². The fourth-order valence-corrected chi connectivity index (χ4v) is 2.44. The van der Waals surface area contributed by atoms with Gasteiger partial charge in [-0.05, 0) is 48.6 Å². The third-order valence-corrected chi connectivity index (χ3v) is 3.37. The minimum absolute atomic E-state index is 0.0614. The van der Waals surface area contributed by atoms with Gasteiger partial charge in [0.15, 0.2) is 0 Å². The SMILES string of the molecule is Cc1cc(C)cc(NC(=O)CC(C)c2ccccc2)c1. The molecule has 0 fully saturated rings. The lowest BCUT2D eigenvalue weighted by Crippen LogP contribution is -2.14.